The van der Waals surface area contributed by atoms with Crippen LogP contribution in [0.3, 0.4) is 0 Å². The van der Waals surface area contributed by atoms with E-state index in [4.69, 9.17) is 10.00 Å². The minimum Gasteiger partial charge on any atom is -0.437 e. The third kappa shape index (κ3) is 3.12. The lowest BCUT2D eigenvalue weighted by Crippen LogP contribution is -2.12. The first-order valence-electron chi connectivity index (χ1n) is 6.41. The number of hydrogen-bond donors (Lipinski definition) is 0. The molecular weight excluding hydrogens is 250 g/mol. The number of aryl methyl sites for hydroxylation is 1. The van der Waals surface area contributed by atoms with E-state index in [1.165, 1.54) is 12.4 Å². The summed E-state index contributed by atoms with van der Waals surface area (Å²) in [5, 5.41) is 8.71. The maximum atomic E-state index is 8.71. The molecule has 0 N–H and O–H groups in total. The van der Waals surface area contributed by atoms with Crippen molar-refractivity contribution >= 4 is 0 Å². The van der Waals surface area contributed by atoms with E-state index < -0.39 is 0 Å². The van der Waals surface area contributed by atoms with Gasteiger partial charge in [-0.15, -0.1) is 0 Å². The van der Waals surface area contributed by atoms with Crippen LogP contribution in [-0.4, -0.2) is 9.97 Å². The molecule has 0 bridgehead atoms. The summed E-state index contributed by atoms with van der Waals surface area (Å²) >= 11 is 0. The third-order valence-electron chi connectivity index (χ3n) is 2.90. The van der Waals surface area contributed by atoms with E-state index in [0.29, 0.717) is 5.88 Å². The average molecular weight is 267 g/mol. The highest BCUT2D eigenvalue weighted by Crippen LogP contribution is 2.34. The summed E-state index contributed by atoms with van der Waals surface area (Å²) in [5.74, 6) is 1.16. The Morgan fingerprint density at radius 3 is 2.45 bits per heavy atom. The van der Waals surface area contributed by atoms with Crippen LogP contribution >= 0.6 is 0 Å². The van der Waals surface area contributed by atoms with Crippen LogP contribution in [0.5, 0.6) is 11.6 Å². The van der Waals surface area contributed by atoms with Crippen molar-refractivity contribution in [3.8, 4) is 17.7 Å². The van der Waals surface area contributed by atoms with Crippen molar-refractivity contribution in [3.63, 3.8) is 0 Å². The average Bonchev–Trinajstić information content (AvgIpc) is 2.38. The van der Waals surface area contributed by atoms with Gasteiger partial charge in [-0.05, 0) is 24.0 Å². The van der Waals surface area contributed by atoms with Gasteiger partial charge in [0.05, 0.1) is 12.4 Å². The molecule has 0 saturated carbocycles. The Morgan fingerprint density at radius 2 is 1.90 bits per heavy atom. The van der Waals surface area contributed by atoms with Gasteiger partial charge in [0, 0.05) is 5.56 Å². The van der Waals surface area contributed by atoms with Crippen LogP contribution in [0.4, 0.5) is 0 Å². The fourth-order valence-electron chi connectivity index (χ4n) is 1.87. The van der Waals surface area contributed by atoms with Crippen molar-refractivity contribution in [2.45, 2.75) is 33.1 Å². The largest absolute Gasteiger partial charge is 0.437 e. The van der Waals surface area contributed by atoms with Gasteiger partial charge in [-0.2, -0.15) is 5.26 Å². The lowest BCUT2D eigenvalue weighted by molar-refractivity contribution is 0.437. The van der Waals surface area contributed by atoms with Gasteiger partial charge in [0.25, 0.3) is 0 Å². The molecule has 0 aliphatic rings. The summed E-state index contributed by atoms with van der Waals surface area (Å²) in [6, 6.07) is 8.06. The summed E-state index contributed by atoms with van der Waals surface area (Å²) in [7, 11) is 0. The molecule has 4 heteroatoms. The van der Waals surface area contributed by atoms with Gasteiger partial charge in [0.1, 0.15) is 11.8 Å². The fraction of sp³-hybridized carbons (Fsp3) is 0.312. The predicted molar refractivity (Wildman–Crippen MR) is 76.7 cm³/mol. The highest BCUT2D eigenvalue weighted by atomic mass is 16.5. The van der Waals surface area contributed by atoms with Crippen LogP contribution in [0.2, 0.25) is 0 Å². The van der Waals surface area contributed by atoms with Crippen molar-refractivity contribution in [1.82, 2.24) is 9.97 Å². The van der Waals surface area contributed by atoms with Gasteiger partial charge < -0.3 is 4.74 Å². The molecule has 102 valence electrons. The molecule has 2 rings (SSSR count). The van der Waals surface area contributed by atoms with E-state index in [1.54, 1.807) is 0 Å². The van der Waals surface area contributed by atoms with E-state index >= 15 is 0 Å². The summed E-state index contributed by atoms with van der Waals surface area (Å²) in [4.78, 5) is 8.05. The van der Waals surface area contributed by atoms with Crippen molar-refractivity contribution in [1.29, 1.82) is 5.26 Å². The van der Waals surface area contributed by atoms with E-state index in [1.807, 2.05) is 19.1 Å². The zero-order chi connectivity index (χ0) is 14.8. The summed E-state index contributed by atoms with van der Waals surface area (Å²) in [5.41, 5.74) is 2.48. The molecule has 0 aliphatic carbocycles. The predicted octanol–water partition coefficient (Wildman–Crippen LogP) is 3.75. The third-order valence-corrected chi connectivity index (χ3v) is 2.90. The quantitative estimate of drug-likeness (QED) is 0.831. The molecule has 0 spiro atoms. The van der Waals surface area contributed by atoms with Crippen LogP contribution < -0.4 is 4.74 Å². The Hall–Kier alpha value is -2.41. The highest BCUT2D eigenvalue weighted by Gasteiger charge is 2.19. The second kappa shape index (κ2) is 5.30. The van der Waals surface area contributed by atoms with Gasteiger partial charge in [-0.3, -0.25) is 0 Å². The number of hydrogen-bond acceptors (Lipinski definition) is 4. The molecule has 2 aromatic rings. The molecule has 20 heavy (non-hydrogen) atoms. The van der Waals surface area contributed by atoms with Crippen molar-refractivity contribution in [3.05, 3.63) is 47.4 Å². The standard InChI is InChI=1S/C16H17N3O/c1-11-5-6-13(16(2,3)4)14(7-11)20-15-10-18-12(8-17)9-19-15/h5-7,9-10H,1-4H3. The van der Waals surface area contributed by atoms with E-state index in [0.717, 1.165) is 16.9 Å². The van der Waals surface area contributed by atoms with Gasteiger partial charge >= 0.3 is 0 Å². The molecular formula is C16H17N3O. The van der Waals surface area contributed by atoms with Crippen LogP contribution in [0.1, 0.15) is 37.6 Å². The first-order valence-corrected chi connectivity index (χ1v) is 6.41. The molecule has 4 nitrogen and oxygen atoms in total. The van der Waals surface area contributed by atoms with Crippen molar-refractivity contribution in [2.75, 3.05) is 0 Å². The van der Waals surface area contributed by atoms with Gasteiger partial charge in [-0.25, -0.2) is 9.97 Å². The molecule has 0 unspecified atom stereocenters. The second-order valence-electron chi connectivity index (χ2n) is 5.70. The van der Waals surface area contributed by atoms with Crippen LogP contribution in [0, 0.1) is 18.3 Å². The number of nitriles is 1. The normalized spacial score (nSPS) is 10.9. The maximum Gasteiger partial charge on any atom is 0.237 e. The van der Waals surface area contributed by atoms with Gasteiger partial charge in [0.2, 0.25) is 5.88 Å². The van der Waals surface area contributed by atoms with Gasteiger partial charge in [-0.1, -0.05) is 32.9 Å². The molecule has 0 atom stereocenters. The lowest BCUT2D eigenvalue weighted by atomic mass is 9.86. The SMILES string of the molecule is Cc1ccc(C(C)(C)C)c(Oc2cnc(C#N)cn2)c1. The number of ether oxygens (including phenoxy) is 1. The number of aromatic nitrogens is 2. The lowest BCUT2D eigenvalue weighted by Gasteiger charge is -2.22. The number of rotatable bonds is 2. The van der Waals surface area contributed by atoms with Crippen molar-refractivity contribution in [2.24, 2.45) is 0 Å². The Bertz CT molecular complexity index is 649. The van der Waals surface area contributed by atoms with E-state index in [9.17, 15) is 0 Å². The molecule has 0 amide bonds. The minimum absolute atomic E-state index is 0.0247. The molecule has 1 heterocycles. The highest BCUT2D eigenvalue weighted by molar-refractivity contribution is 5.43. The first kappa shape index (κ1) is 14.0. The first-order chi connectivity index (χ1) is 9.40. The fourth-order valence-corrected chi connectivity index (χ4v) is 1.87. The molecule has 0 aliphatic heterocycles. The van der Waals surface area contributed by atoms with Crippen LogP contribution in [-0.2, 0) is 5.41 Å². The molecule has 1 aromatic heterocycles. The Balaban J connectivity index is 2.37. The van der Waals surface area contributed by atoms with Gasteiger partial charge in [0.15, 0.2) is 5.69 Å². The minimum atomic E-state index is -0.0247. The Labute approximate surface area is 119 Å². The van der Waals surface area contributed by atoms with E-state index in [-0.39, 0.29) is 11.1 Å². The zero-order valence-electron chi connectivity index (χ0n) is 12.1. The maximum absolute atomic E-state index is 8.71. The number of benzene rings is 1. The molecule has 0 radical (unpaired) electrons. The smallest absolute Gasteiger partial charge is 0.237 e. The monoisotopic (exact) mass is 267 g/mol. The van der Waals surface area contributed by atoms with E-state index in [2.05, 4.69) is 42.9 Å². The Kier molecular flexibility index (Phi) is 3.71. The zero-order valence-corrected chi connectivity index (χ0v) is 12.1. The van der Waals surface area contributed by atoms with Crippen LogP contribution in [0.25, 0.3) is 0 Å². The van der Waals surface area contributed by atoms with Crippen LogP contribution in [0.15, 0.2) is 30.6 Å². The second-order valence-corrected chi connectivity index (χ2v) is 5.70. The summed E-state index contributed by atoms with van der Waals surface area (Å²) < 4.78 is 5.83. The molecule has 1 aromatic carbocycles. The number of nitrogens with zero attached hydrogens (tertiary/aromatic N) is 3. The van der Waals surface area contributed by atoms with Crippen molar-refractivity contribution < 1.29 is 4.74 Å². The summed E-state index contributed by atoms with van der Waals surface area (Å²) in [6.07, 6.45) is 2.87. The topological polar surface area (TPSA) is 58.8 Å². The molecule has 0 saturated heterocycles. The molecule has 0 fully saturated rings. The summed E-state index contributed by atoms with van der Waals surface area (Å²) in [6.45, 7) is 8.42. The Morgan fingerprint density at radius 1 is 1.15 bits per heavy atom.